The van der Waals surface area contributed by atoms with Gasteiger partial charge in [0, 0.05) is 17.9 Å². The maximum atomic E-state index is 12.2. The normalized spacial score (nSPS) is 13.2. The average Bonchev–Trinajstić information content (AvgIpc) is 2.35. The summed E-state index contributed by atoms with van der Waals surface area (Å²) in [4.78, 5) is 12.0. The zero-order valence-corrected chi connectivity index (χ0v) is 12.2. The predicted octanol–water partition coefficient (Wildman–Crippen LogP) is 4.75. The second-order valence-electron chi connectivity index (χ2n) is 4.17. The average molecular weight is 306 g/mol. The highest BCUT2D eigenvalue weighted by molar-refractivity contribution is 8.00. The smallest absolute Gasteiger partial charge is 0.366 e. The number of ether oxygens (including phenoxy) is 1. The first-order valence-corrected chi connectivity index (χ1v) is 7.19. The van der Waals surface area contributed by atoms with Crippen molar-refractivity contribution in [3.63, 3.8) is 0 Å². The summed E-state index contributed by atoms with van der Waals surface area (Å²) in [5.74, 6) is -0.0504. The van der Waals surface area contributed by atoms with Crippen LogP contribution in [0.3, 0.4) is 0 Å². The Hall–Kier alpha value is -1.01. The SMILES string of the molecule is CCCC(=O)C(OCC)c1ccc(SC(F)(F)F)cc1. The minimum Gasteiger partial charge on any atom is -0.366 e. The number of carbonyl (C=O) groups is 1. The van der Waals surface area contributed by atoms with Crippen LogP contribution in [0, 0.1) is 0 Å². The molecule has 0 fully saturated rings. The van der Waals surface area contributed by atoms with Crippen molar-refractivity contribution >= 4 is 17.5 Å². The molecule has 6 heteroatoms. The second kappa shape index (κ2) is 7.69. The summed E-state index contributed by atoms with van der Waals surface area (Å²) < 4.78 is 42.1. The lowest BCUT2D eigenvalue weighted by molar-refractivity contribution is -0.130. The van der Waals surface area contributed by atoms with Gasteiger partial charge in [-0.3, -0.25) is 4.79 Å². The summed E-state index contributed by atoms with van der Waals surface area (Å²) >= 11 is -0.173. The minimum atomic E-state index is -4.31. The van der Waals surface area contributed by atoms with Gasteiger partial charge in [0.25, 0.3) is 0 Å². The molecule has 0 bridgehead atoms. The fraction of sp³-hybridized carbons (Fsp3) is 0.500. The van der Waals surface area contributed by atoms with Crippen molar-refractivity contribution in [1.29, 1.82) is 0 Å². The van der Waals surface area contributed by atoms with Gasteiger partial charge in [-0.15, -0.1) is 0 Å². The van der Waals surface area contributed by atoms with E-state index < -0.39 is 11.6 Å². The monoisotopic (exact) mass is 306 g/mol. The van der Waals surface area contributed by atoms with Crippen LogP contribution in [0.2, 0.25) is 0 Å². The Morgan fingerprint density at radius 3 is 2.30 bits per heavy atom. The zero-order valence-electron chi connectivity index (χ0n) is 11.4. The van der Waals surface area contributed by atoms with Crippen LogP contribution in [0.25, 0.3) is 0 Å². The van der Waals surface area contributed by atoms with E-state index in [0.29, 0.717) is 25.0 Å². The molecule has 0 amide bonds. The highest BCUT2D eigenvalue weighted by atomic mass is 32.2. The van der Waals surface area contributed by atoms with Crippen LogP contribution in [0.5, 0.6) is 0 Å². The number of carbonyl (C=O) groups excluding carboxylic acids is 1. The molecule has 0 aliphatic rings. The number of thioether (sulfide) groups is 1. The van der Waals surface area contributed by atoms with Crippen molar-refractivity contribution in [2.75, 3.05) is 6.61 Å². The van der Waals surface area contributed by atoms with Gasteiger partial charge in [0.05, 0.1) is 0 Å². The molecule has 0 spiro atoms. The highest BCUT2D eigenvalue weighted by Gasteiger charge is 2.29. The first-order valence-electron chi connectivity index (χ1n) is 6.37. The third-order valence-electron chi connectivity index (χ3n) is 2.54. The molecule has 112 valence electrons. The Bertz CT molecular complexity index is 429. The number of halogens is 3. The molecular formula is C14H17F3O2S. The van der Waals surface area contributed by atoms with Crippen molar-refractivity contribution < 1.29 is 22.7 Å². The number of ketones is 1. The summed E-state index contributed by atoms with van der Waals surface area (Å²) in [7, 11) is 0. The van der Waals surface area contributed by atoms with E-state index in [2.05, 4.69) is 0 Å². The fourth-order valence-corrected chi connectivity index (χ4v) is 2.30. The first-order chi connectivity index (χ1) is 9.37. The molecule has 1 rings (SSSR count). The van der Waals surface area contributed by atoms with E-state index in [1.54, 1.807) is 6.92 Å². The zero-order chi connectivity index (χ0) is 15.2. The first kappa shape index (κ1) is 17.0. The van der Waals surface area contributed by atoms with Crippen LogP contribution in [0.4, 0.5) is 13.2 Å². The van der Waals surface area contributed by atoms with E-state index in [9.17, 15) is 18.0 Å². The molecule has 0 N–H and O–H groups in total. The van der Waals surface area contributed by atoms with E-state index in [1.165, 1.54) is 24.3 Å². The molecule has 1 aromatic rings. The van der Waals surface area contributed by atoms with Gasteiger partial charge in [-0.1, -0.05) is 19.1 Å². The van der Waals surface area contributed by atoms with Gasteiger partial charge < -0.3 is 4.74 Å². The largest absolute Gasteiger partial charge is 0.446 e. The van der Waals surface area contributed by atoms with Gasteiger partial charge in [0.1, 0.15) is 6.10 Å². The van der Waals surface area contributed by atoms with Crippen LogP contribution >= 0.6 is 11.8 Å². The molecular weight excluding hydrogens is 289 g/mol. The lowest BCUT2D eigenvalue weighted by atomic mass is 10.0. The molecule has 1 atom stereocenters. The summed E-state index contributed by atoms with van der Waals surface area (Å²) in [6.45, 7) is 4.04. The second-order valence-corrected chi connectivity index (χ2v) is 5.31. The molecule has 0 heterocycles. The Balaban J connectivity index is 2.85. The molecule has 1 aromatic carbocycles. The van der Waals surface area contributed by atoms with E-state index in [4.69, 9.17) is 4.74 Å². The topological polar surface area (TPSA) is 26.3 Å². The molecule has 0 aromatic heterocycles. The lowest BCUT2D eigenvalue weighted by Gasteiger charge is -2.16. The van der Waals surface area contributed by atoms with Crippen LogP contribution in [-0.4, -0.2) is 17.9 Å². The Kier molecular flexibility index (Phi) is 6.55. The van der Waals surface area contributed by atoms with E-state index in [-0.39, 0.29) is 22.4 Å². The fourth-order valence-electron chi connectivity index (χ4n) is 1.76. The van der Waals surface area contributed by atoms with Crippen molar-refractivity contribution in [2.45, 2.75) is 43.2 Å². The molecule has 0 aliphatic heterocycles. The van der Waals surface area contributed by atoms with Gasteiger partial charge >= 0.3 is 5.51 Å². The molecule has 2 nitrogen and oxygen atoms in total. The van der Waals surface area contributed by atoms with Crippen molar-refractivity contribution in [3.05, 3.63) is 29.8 Å². The maximum Gasteiger partial charge on any atom is 0.446 e. The van der Waals surface area contributed by atoms with Crippen LogP contribution in [0.1, 0.15) is 38.4 Å². The standard InChI is InChI=1S/C14H17F3O2S/c1-3-5-12(18)13(19-4-2)10-6-8-11(9-7-10)20-14(15,16)17/h6-9,13H,3-5H2,1-2H3. The summed E-state index contributed by atoms with van der Waals surface area (Å²) in [5, 5.41) is 0. The number of hydrogen-bond donors (Lipinski definition) is 0. The van der Waals surface area contributed by atoms with Crippen LogP contribution in [-0.2, 0) is 9.53 Å². The maximum absolute atomic E-state index is 12.2. The number of alkyl halides is 3. The quantitative estimate of drug-likeness (QED) is 0.680. The van der Waals surface area contributed by atoms with E-state index in [0.717, 1.165) is 0 Å². The van der Waals surface area contributed by atoms with Crippen molar-refractivity contribution in [3.8, 4) is 0 Å². The minimum absolute atomic E-state index is 0.0504. The lowest BCUT2D eigenvalue weighted by Crippen LogP contribution is -2.15. The summed E-state index contributed by atoms with van der Waals surface area (Å²) in [5.41, 5.74) is -3.71. The number of Topliss-reactive ketones (excluding diaryl/α,β-unsaturated/α-hetero) is 1. The van der Waals surface area contributed by atoms with E-state index in [1.807, 2.05) is 6.92 Å². The third kappa shape index (κ3) is 5.54. The predicted molar refractivity (Wildman–Crippen MR) is 72.6 cm³/mol. The van der Waals surface area contributed by atoms with Gasteiger partial charge in [-0.2, -0.15) is 13.2 Å². The number of hydrogen-bond acceptors (Lipinski definition) is 3. The van der Waals surface area contributed by atoms with Gasteiger partial charge in [0.2, 0.25) is 0 Å². The number of benzene rings is 1. The van der Waals surface area contributed by atoms with Crippen molar-refractivity contribution in [2.24, 2.45) is 0 Å². The third-order valence-corrected chi connectivity index (χ3v) is 3.28. The molecule has 0 saturated heterocycles. The van der Waals surface area contributed by atoms with Gasteiger partial charge in [-0.05, 0) is 42.8 Å². The molecule has 0 saturated carbocycles. The van der Waals surface area contributed by atoms with Crippen molar-refractivity contribution in [1.82, 2.24) is 0 Å². The van der Waals surface area contributed by atoms with Crippen LogP contribution < -0.4 is 0 Å². The number of rotatable bonds is 7. The van der Waals surface area contributed by atoms with E-state index >= 15 is 0 Å². The molecule has 0 radical (unpaired) electrons. The molecule has 1 unspecified atom stereocenters. The van der Waals surface area contributed by atoms with Gasteiger partial charge in [-0.25, -0.2) is 0 Å². The highest BCUT2D eigenvalue weighted by Crippen LogP contribution is 2.37. The van der Waals surface area contributed by atoms with Crippen LogP contribution in [0.15, 0.2) is 29.2 Å². The molecule has 0 aliphatic carbocycles. The Labute approximate surface area is 120 Å². The van der Waals surface area contributed by atoms with Gasteiger partial charge in [0.15, 0.2) is 5.78 Å². The summed E-state index contributed by atoms with van der Waals surface area (Å²) in [6, 6.07) is 5.75. The Morgan fingerprint density at radius 2 is 1.85 bits per heavy atom. The molecule has 20 heavy (non-hydrogen) atoms. The summed E-state index contributed by atoms with van der Waals surface area (Å²) in [6.07, 6.45) is 0.415. The Morgan fingerprint density at radius 1 is 1.25 bits per heavy atom.